The van der Waals surface area contributed by atoms with Crippen LogP contribution in [0.25, 0.3) is 0 Å². The number of rotatable bonds is 4. The molecular formula is C14H22N2O3. The average molecular weight is 266 g/mol. The predicted molar refractivity (Wildman–Crippen MR) is 69.1 cm³/mol. The highest BCUT2D eigenvalue weighted by Gasteiger charge is 2.51. The number of amides is 1. The number of hydrogen-bond acceptors (Lipinski definition) is 3. The van der Waals surface area contributed by atoms with Gasteiger partial charge in [-0.3, -0.25) is 14.6 Å². The molecule has 106 valence electrons. The maximum atomic E-state index is 11.6. The third-order valence-corrected chi connectivity index (χ3v) is 5.08. The molecule has 0 heterocycles. The Labute approximate surface area is 113 Å². The molecule has 0 aromatic carbocycles. The van der Waals surface area contributed by atoms with E-state index in [1.54, 1.807) is 0 Å². The second-order valence-corrected chi connectivity index (χ2v) is 6.81. The molecule has 4 rings (SSSR count). The van der Waals surface area contributed by atoms with Gasteiger partial charge in [-0.05, 0) is 56.3 Å². The molecule has 5 heteroatoms. The van der Waals surface area contributed by atoms with Crippen molar-refractivity contribution in [3.05, 3.63) is 0 Å². The van der Waals surface area contributed by atoms with Crippen molar-refractivity contribution in [2.45, 2.75) is 51.0 Å². The average Bonchev–Trinajstić information content (AvgIpc) is 2.24. The van der Waals surface area contributed by atoms with Gasteiger partial charge < -0.3 is 5.11 Å². The molecule has 4 aliphatic carbocycles. The summed E-state index contributed by atoms with van der Waals surface area (Å²) in [5.41, 5.74) is 3.28. The van der Waals surface area contributed by atoms with Gasteiger partial charge in [0.05, 0.1) is 0 Å². The number of nitrogens with one attached hydrogen (secondary N) is 1. The van der Waals surface area contributed by atoms with Crippen molar-refractivity contribution in [2.75, 3.05) is 6.54 Å². The van der Waals surface area contributed by atoms with Gasteiger partial charge in [0.2, 0.25) is 5.91 Å². The van der Waals surface area contributed by atoms with E-state index in [9.17, 15) is 9.59 Å². The fourth-order valence-corrected chi connectivity index (χ4v) is 4.90. The number of aliphatic carboxylic acids is 1. The molecule has 4 saturated carbocycles. The van der Waals surface area contributed by atoms with Crippen molar-refractivity contribution < 1.29 is 14.7 Å². The summed E-state index contributed by atoms with van der Waals surface area (Å²) in [7, 11) is 0. The Kier molecular flexibility index (Phi) is 3.04. The third kappa shape index (κ3) is 2.48. The highest BCUT2D eigenvalue weighted by Crippen LogP contribution is 2.55. The molecular weight excluding hydrogens is 244 g/mol. The number of nitrogens with zero attached hydrogens (tertiary/aromatic N) is 1. The second kappa shape index (κ2) is 4.47. The van der Waals surface area contributed by atoms with E-state index in [0.717, 1.165) is 37.0 Å². The molecule has 19 heavy (non-hydrogen) atoms. The molecule has 1 amide bonds. The largest absolute Gasteiger partial charge is 0.480 e. The molecule has 2 N–H and O–H groups in total. The molecule has 5 nitrogen and oxygen atoms in total. The lowest BCUT2D eigenvalue weighted by Gasteiger charge is -2.57. The minimum Gasteiger partial charge on any atom is -0.480 e. The van der Waals surface area contributed by atoms with Gasteiger partial charge in [-0.1, -0.05) is 0 Å². The Bertz CT molecular complexity index is 372. The number of carbonyl (C=O) groups excluding carboxylic acids is 1. The van der Waals surface area contributed by atoms with Gasteiger partial charge in [0, 0.05) is 12.5 Å². The zero-order chi connectivity index (χ0) is 13.6. The highest BCUT2D eigenvalue weighted by molar-refractivity contribution is 5.79. The first kappa shape index (κ1) is 12.9. The van der Waals surface area contributed by atoms with Crippen LogP contribution in [-0.4, -0.2) is 34.1 Å². The summed E-state index contributed by atoms with van der Waals surface area (Å²) in [6.45, 7) is 1.17. The summed E-state index contributed by atoms with van der Waals surface area (Å²) >= 11 is 0. The van der Waals surface area contributed by atoms with Crippen LogP contribution in [-0.2, 0) is 9.59 Å². The van der Waals surface area contributed by atoms with Crippen LogP contribution >= 0.6 is 0 Å². The van der Waals surface area contributed by atoms with Crippen LogP contribution < -0.4 is 5.43 Å². The van der Waals surface area contributed by atoms with E-state index in [-0.39, 0.29) is 18.0 Å². The number of carboxylic acid groups (broad SMARTS) is 1. The predicted octanol–water partition coefficient (Wildman–Crippen LogP) is 1.39. The van der Waals surface area contributed by atoms with Crippen LogP contribution in [0.4, 0.5) is 0 Å². The molecule has 0 aromatic rings. The monoisotopic (exact) mass is 266 g/mol. The van der Waals surface area contributed by atoms with E-state index >= 15 is 0 Å². The van der Waals surface area contributed by atoms with Crippen LogP contribution in [0, 0.1) is 17.8 Å². The summed E-state index contributed by atoms with van der Waals surface area (Å²) in [5, 5.41) is 10.2. The van der Waals surface area contributed by atoms with Crippen LogP contribution in [0.2, 0.25) is 0 Å². The van der Waals surface area contributed by atoms with Gasteiger partial charge in [-0.2, -0.15) is 0 Å². The summed E-state index contributed by atoms with van der Waals surface area (Å²) in [6, 6.07) is 0. The van der Waals surface area contributed by atoms with Crippen molar-refractivity contribution in [2.24, 2.45) is 17.8 Å². The van der Waals surface area contributed by atoms with Gasteiger partial charge in [-0.25, -0.2) is 5.43 Å². The summed E-state index contributed by atoms with van der Waals surface area (Å²) in [6.07, 6.45) is 7.30. The number of hydrogen-bond donors (Lipinski definition) is 2. The Balaban J connectivity index is 1.74. The minimum atomic E-state index is -0.965. The van der Waals surface area contributed by atoms with Crippen LogP contribution in [0.3, 0.4) is 0 Å². The number of carbonyl (C=O) groups is 2. The topological polar surface area (TPSA) is 69.6 Å². The van der Waals surface area contributed by atoms with Crippen molar-refractivity contribution >= 4 is 11.9 Å². The molecule has 0 unspecified atom stereocenters. The van der Waals surface area contributed by atoms with Crippen molar-refractivity contribution in [1.29, 1.82) is 0 Å². The molecule has 4 aliphatic rings. The quantitative estimate of drug-likeness (QED) is 0.754. The molecule has 0 saturated heterocycles. The Morgan fingerprint density at radius 2 is 1.63 bits per heavy atom. The lowest BCUT2D eigenvalue weighted by molar-refractivity contribution is -0.150. The minimum absolute atomic E-state index is 0.0180. The van der Waals surface area contributed by atoms with Crippen molar-refractivity contribution in [1.82, 2.24) is 10.4 Å². The Morgan fingerprint density at radius 1 is 1.16 bits per heavy atom. The zero-order valence-corrected chi connectivity index (χ0v) is 11.4. The van der Waals surface area contributed by atoms with Crippen molar-refractivity contribution in [3.8, 4) is 0 Å². The van der Waals surface area contributed by atoms with Gasteiger partial charge in [0.1, 0.15) is 6.54 Å². The summed E-state index contributed by atoms with van der Waals surface area (Å²) in [5.74, 6) is 1.15. The van der Waals surface area contributed by atoms with E-state index in [1.165, 1.54) is 31.2 Å². The molecule has 0 aromatic heterocycles. The van der Waals surface area contributed by atoms with E-state index in [1.807, 2.05) is 0 Å². The van der Waals surface area contributed by atoms with E-state index in [0.29, 0.717) is 0 Å². The standard InChI is InChI=1S/C14H22N2O3/c1-9(17)16(8-13(18)19)15-14-5-10-2-11(6-14)4-12(3-10)7-14/h10-12,15H,2-8H2,1H3,(H,18,19). The van der Waals surface area contributed by atoms with Crippen LogP contribution in [0.15, 0.2) is 0 Å². The molecule has 0 aliphatic heterocycles. The molecule has 0 atom stereocenters. The lowest BCUT2D eigenvalue weighted by atomic mass is 9.53. The SMILES string of the molecule is CC(=O)N(CC(=O)O)NC12CC3CC(CC(C3)C1)C2. The first-order valence-electron chi connectivity index (χ1n) is 7.23. The highest BCUT2D eigenvalue weighted by atomic mass is 16.4. The van der Waals surface area contributed by atoms with Gasteiger partial charge >= 0.3 is 5.97 Å². The summed E-state index contributed by atoms with van der Waals surface area (Å²) in [4.78, 5) is 22.5. The van der Waals surface area contributed by atoms with E-state index < -0.39 is 5.97 Å². The van der Waals surface area contributed by atoms with Crippen LogP contribution in [0.5, 0.6) is 0 Å². The fraction of sp³-hybridized carbons (Fsp3) is 0.857. The maximum Gasteiger partial charge on any atom is 0.324 e. The lowest BCUT2D eigenvalue weighted by Crippen LogP contribution is -2.64. The Morgan fingerprint density at radius 3 is 2.00 bits per heavy atom. The van der Waals surface area contributed by atoms with Gasteiger partial charge in [0.15, 0.2) is 0 Å². The van der Waals surface area contributed by atoms with E-state index in [2.05, 4.69) is 5.43 Å². The first-order chi connectivity index (χ1) is 8.96. The molecule has 4 fully saturated rings. The second-order valence-electron chi connectivity index (χ2n) is 6.81. The molecule has 0 radical (unpaired) electrons. The smallest absolute Gasteiger partial charge is 0.324 e. The van der Waals surface area contributed by atoms with E-state index in [4.69, 9.17) is 5.11 Å². The number of carboxylic acids is 1. The van der Waals surface area contributed by atoms with Crippen LogP contribution in [0.1, 0.15) is 45.4 Å². The third-order valence-electron chi connectivity index (χ3n) is 5.08. The van der Waals surface area contributed by atoms with Gasteiger partial charge in [-0.15, -0.1) is 0 Å². The zero-order valence-electron chi connectivity index (χ0n) is 11.4. The normalized spacial score (nSPS) is 39.3. The van der Waals surface area contributed by atoms with Crippen molar-refractivity contribution in [3.63, 3.8) is 0 Å². The van der Waals surface area contributed by atoms with Gasteiger partial charge in [0.25, 0.3) is 0 Å². The number of hydrazine groups is 1. The Hall–Kier alpha value is -1.10. The maximum absolute atomic E-state index is 11.6. The molecule has 0 spiro atoms. The summed E-state index contributed by atoms with van der Waals surface area (Å²) < 4.78 is 0. The molecule has 4 bridgehead atoms. The fourth-order valence-electron chi connectivity index (χ4n) is 4.90. The first-order valence-corrected chi connectivity index (χ1v) is 7.23.